The van der Waals surface area contributed by atoms with Crippen LogP contribution < -0.4 is 0 Å². The normalized spacial score (nSPS) is 15.3. The van der Waals surface area contributed by atoms with Crippen molar-refractivity contribution in [2.45, 2.75) is 0 Å². The molecule has 0 saturated carbocycles. The molecule has 0 N–H and O–H groups in total. The molecule has 0 spiro atoms. The van der Waals surface area contributed by atoms with Crippen LogP contribution in [0.3, 0.4) is 0 Å². The SMILES string of the molecule is F/C(Cl)=C(/F)[B-](F)(F)F. The summed E-state index contributed by atoms with van der Waals surface area (Å²) in [6.45, 7) is -5.90. The van der Waals surface area contributed by atoms with E-state index in [0.29, 0.717) is 0 Å². The lowest BCUT2D eigenvalue weighted by atomic mass is 9.91. The van der Waals surface area contributed by atoms with Crippen LogP contribution in [0.15, 0.2) is 11.0 Å². The van der Waals surface area contributed by atoms with Crippen molar-refractivity contribution < 1.29 is 21.7 Å². The van der Waals surface area contributed by atoms with Crippen molar-refractivity contribution in [3.8, 4) is 0 Å². The van der Waals surface area contributed by atoms with E-state index < -0.39 is 18.0 Å². The quantitative estimate of drug-likeness (QED) is 0.414. The molecule has 0 saturated heterocycles. The molecule has 7 heteroatoms. The van der Waals surface area contributed by atoms with E-state index in [0.717, 1.165) is 0 Å². The maximum Gasteiger partial charge on any atom is 0.541 e. The topological polar surface area (TPSA) is 0 Å². The monoisotopic (exact) mass is 165 g/mol. The third-order valence-corrected chi connectivity index (χ3v) is 0.648. The molecule has 9 heavy (non-hydrogen) atoms. The molecule has 0 fully saturated rings. The number of halogens is 6. The maximum absolute atomic E-state index is 11.3. The summed E-state index contributed by atoms with van der Waals surface area (Å²) in [4.78, 5) is 0. The smallest absolute Gasteiger partial charge is 0.443 e. The summed E-state index contributed by atoms with van der Waals surface area (Å²) in [7, 11) is 0. The Kier molecular flexibility index (Phi) is 2.48. The van der Waals surface area contributed by atoms with Crippen LogP contribution in [0.4, 0.5) is 21.7 Å². The molecule has 0 rings (SSSR count). The average molecular weight is 165 g/mol. The molecule has 0 unspecified atom stereocenters. The van der Waals surface area contributed by atoms with Crippen molar-refractivity contribution in [3.63, 3.8) is 0 Å². The molecule has 0 aromatic carbocycles. The van der Waals surface area contributed by atoms with Gasteiger partial charge in [-0.05, 0) is 0 Å². The lowest BCUT2D eigenvalue weighted by Crippen LogP contribution is -2.16. The molecule has 0 aliphatic carbocycles. The van der Waals surface area contributed by atoms with E-state index in [1.54, 1.807) is 0 Å². The standard InChI is InChI=1S/C2BClF5/c4-2(6)1(5)3(7,8)9/q-1/b2-1+. The summed E-state index contributed by atoms with van der Waals surface area (Å²) in [6.07, 6.45) is 0. The predicted octanol–water partition coefficient (Wildman–Crippen LogP) is 2.72. The fourth-order valence-corrected chi connectivity index (χ4v) is 0.247. The molecule has 0 aliphatic rings. The Morgan fingerprint density at radius 3 is 1.44 bits per heavy atom. The molecule has 0 bridgehead atoms. The number of rotatable bonds is 1. The van der Waals surface area contributed by atoms with Gasteiger partial charge in [-0.2, -0.15) is 4.39 Å². The van der Waals surface area contributed by atoms with Crippen LogP contribution in [-0.4, -0.2) is 6.98 Å². The predicted molar refractivity (Wildman–Crippen MR) is 24.2 cm³/mol. The van der Waals surface area contributed by atoms with Gasteiger partial charge in [0.05, 0.1) is 5.73 Å². The summed E-state index contributed by atoms with van der Waals surface area (Å²) < 4.78 is 55.5. The van der Waals surface area contributed by atoms with Crippen LogP contribution in [0.2, 0.25) is 0 Å². The zero-order valence-electron chi connectivity index (χ0n) is 3.85. The summed E-state index contributed by atoms with van der Waals surface area (Å²) in [5, 5.41) is -2.34. The third-order valence-electron chi connectivity index (χ3n) is 0.468. The van der Waals surface area contributed by atoms with Crippen molar-refractivity contribution in [1.29, 1.82) is 0 Å². The Balaban J connectivity index is 4.40. The summed E-state index contributed by atoms with van der Waals surface area (Å²) in [5.74, 6) is 0. The van der Waals surface area contributed by atoms with E-state index in [9.17, 15) is 21.7 Å². The molecular formula is C2BClF5-. The summed E-state index contributed by atoms with van der Waals surface area (Å²) >= 11 is 4.05. The zero-order valence-corrected chi connectivity index (χ0v) is 4.60. The minimum atomic E-state index is -5.90. The lowest BCUT2D eigenvalue weighted by molar-refractivity contribution is 0.442. The van der Waals surface area contributed by atoms with Crippen LogP contribution >= 0.6 is 11.6 Å². The fourth-order valence-electron chi connectivity index (χ4n) is 0.124. The van der Waals surface area contributed by atoms with Crippen molar-refractivity contribution in [2.24, 2.45) is 0 Å². The molecule has 0 aromatic rings. The minimum Gasteiger partial charge on any atom is -0.443 e. The molecular weight excluding hydrogens is 165 g/mol. The highest BCUT2D eigenvalue weighted by atomic mass is 35.5. The van der Waals surface area contributed by atoms with E-state index in [1.807, 2.05) is 0 Å². The van der Waals surface area contributed by atoms with Gasteiger partial charge in [-0.3, -0.25) is 0 Å². The van der Waals surface area contributed by atoms with Gasteiger partial charge >= 0.3 is 6.98 Å². The van der Waals surface area contributed by atoms with Crippen molar-refractivity contribution in [1.82, 2.24) is 0 Å². The molecule has 0 aliphatic heterocycles. The minimum absolute atomic E-state index is 2.34. The van der Waals surface area contributed by atoms with Gasteiger partial charge in [0, 0.05) is 0 Å². The second kappa shape index (κ2) is 2.55. The molecule has 0 nitrogen and oxygen atoms in total. The highest BCUT2D eigenvalue weighted by Gasteiger charge is 2.32. The fraction of sp³-hybridized carbons (Fsp3) is 0. The Morgan fingerprint density at radius 1 is 1.11 bits per heavy atom. The van der Waals surface area contributed by atoms with E-state index in [1.165, 1.54) is 0 Å². The first-order valence-corrected chi connectivity index (χ1v) is 2.14. The Hall–Kier alpha value is -0.255. The van der Waals surface area contributed by atoms with E-state index in [2.05, 4.69) is 11.6 Å². The van der Waals surface area contributed by atoms with Gasteiger partial charge < -0.3 is 12.9 Å². The second-order valence-corrected chi connectivity index (χ2v) is 1.51. The highest BCUT2D eigenvalue weighted by Crippen LogP contribution is 2.26. The molecule has 0 heterocycles. The molecule has 54 valence electrons. The first-order chi connectivity index (χ1) is 3.85. The van der Waals surface area contributed by atoms with Gasteiger partial charge in [0.2, 0.25) is 0 Å². The second-order valence-electron chi connectivity index (χ2n) is 1.18. The van der Waals surface area contributed by atoms with Gasteiger partial charge in [-0.25, -0.2) is 4.39 Å². The van der Waals surface area contributed by atoms with Gasteiger partial charge in [-0.15, -0.1) is 0 Å². The molecule has 0 atom stereocenters. The van der Waals surface area contributed by atoms with Gasteiger partial charge in [0.1, 0.15) is 0 Å². The third kappa shape index (κ3) is 2.69. The maximum atomic E-state index is 11.3. The molecule has 0 amide bonds. The van der Waals surface area contributed by atoms with Crippen LogP contribution in [0.5, 0.6) is 0 Å². The zero-order chi connectivity index (χ0) is 7.65. The molecule has 0 radical (unpaired) electrons. The van der Waals surface area contributed by atoms with Gasteiger partial charge in [-0.1, -0.05) is 11.6 Å². The van der Waals surface area contributed by atoms with Gasteiger partial charge in [0.15, 0.2) is 5.29 Å². The Labute approximate surface area is 52.4 Å². The van der Waals surface area contributed by atoms with Crippen molar-refractivity contribution in [3.05, 3.63) is 11.0 Å². The Bertz CT molecular complexity index is 132. The lowest BCUT2D eigenvalue weighted by Gasteiger charge is -2.09. The first kappa shape index (κ1) is 8.74. The van der Waals surface area contributed by atoms with Crippen LogP contribution in [0, 0.1) is 0 Å². The highest BCUT2D eigenvalue weighted by molar-refractivity contribution is 6.67. The largest absolute Gasteiger partial charge is 0.541 e. The average Bonchev–Trinajstić information content (AvgIpc) is 1.62. The summed E-state index contributed by atoms with van der Waals surface area (Å²) in [5.41, 5.74) is -2.84. The van der Waals surface area contributed by atoms with E-state index >= 15 is 0 Å². The van der Waals surface area contributed by atoms with Crippen molar-refractivity contribution in [2.75, 3.05) is 0 Å². The number of hydrogen-bond donors (Lipinski definition) is 0. The molecule has 0 aromatic heterocycles. The van der Waals surface area contributed by atoms with Gasteiger partial charge in [0.25, 0.3) is 0 Å². The van der Waals surface area contributed by atoms with E-state index in [-0.39, 0.29) is 0 Å². The first-order valence-electron chi connectivity index (χ1n) is 1.76. The summed E-state index contributed by atoms with van der Waals surface area (Å²) in [6, 6.07) is 0. The Morgan fingerprint density at radius 2 is 1.44 bits per heavy atom. The number of hydrogen-bond acceptors (Lipinski definition) is 0. The van der Waals surface area contributed by atoms with Crippen LogP contribution in [-0.2, 0) is 0 Å². The van der Waals surface area contributed by atoms with E-state index in [4.69, 9.17) is 0 Å². The van der Waals surface area contributed by atoms with Crippen molar-refractivity contribution >= 4 is 18.6 Å². The van der Waals surface area contributed by atoms with Crippen LogP contribution in [0.1, 0.15) is 0 Å². The van der Waals surface area contributed by atoms with Crippen LogP contribution in [0.25, 0.3) is 0 Å².